The molecule has 1 atom stereocenters. The number of aryl methyl sites for hydroxylation is 1. The van der Waals surface area contributed by atoms with Crippen molar-refractivity contribution < 1.29 is 23.5 Å². The van der Waals surface area contributed by atoms with Gasteiger partial charge in [-0.1, -0.05) is 24.3 Å². The molecule has 150 valence electrons. The summed E-state index contributed by atoms with van der Waals surface area (Å²) in [7, 11) is 0. The highest BCUT2D eigenvalue weighted by atomic mass is 19.1. The highest BCUT2D eigenvalue weighted by molar-refractivity contribution is 5.92. The van der Waals surface area contributed by atoms with Crippen LogP contribution in [0.2, 0.25) is 0 Å². The summed E-state index contributed by atoms with van der Waals surface area (Å²) in [6.07, 6.45) is -0.566. The zero-order chi connectivity index (χ0) is 21.1. The smallest absolute Gasteiger partial charge is 0.305 e. The first kappa shape index (κ1) is 20.0. The Morgan fingerprint density at radius 1 is 1.14 bits per heavy atom. The molecule has 3 rings (SSSR count). The van der Waals surface area contributed by atoms with Gasteiger partial charge in [0.2, 0.25) is 0 Å². The first-order chi connectivity index (χ1) is 13.8. The summed E-state index contributed by atoms with van der Waals surface area (Å²) in [4.78, 5) is 35.9. The Morgan fingerprint density at radius 2 is 1.86 bits per heavy atom. The Hall–Kier alpha value is -3.75. The fraction of sp³-hybridized carbons (Fsp3) is 0.150. The minimum atomic E-state index is -1.24. The first-order valence-electron chi connectivity index (χ1n) is 8.62. The van der Waals surface area contributed by atoms with Gasteiger partial charge in [-0.2, -0.15) is 0 Å². The second-order valence-corrected chi connectivity index (χ2v) is 6.44. The number of carbonyl (C=O) groups excluding carboxylic acids is 1. The molecule has 1 amide bonds. The molecule has 1 heterocycles. The van der Waals surface area contributed by atoms with Crippen LogP contribution in [0.5, 0.6) is 0 Å². The van der Waals surface area contributed by atoms with Crippen molar-refractivity contribution in [2.75, 3.05) is 0 Å². The Kier molecular flexibility index (Phi) is 5.58. The Bertz CT molecular complexity index is 1140. The molecule has 0 aliphatic carbocycles. The monoisotopic (exact) mass is 401 g/mol. The third-order valence-electron chi connectivity index (χ3n) is 4.27. The summed E-state index contributed by atoms with van der Waals surface area (Å²) in [6, 6.07) is 9.48. The Morgan fingerprint density at radius 3 is 2.52 bits per heavy atom. The van der Waals surface area contributed by atoms with E-state index >= 15 is 0 Å². The van der Waals surface area contributed by atoms with E-state index in [-0.39, 0.29) is 16.9 Å². The standard InChI is InChI=1S/C20H17F2N3O4/c1-11-6-7-12(14(22)8-11)15(10-19(27)28)23-20(29)16-9-18(26)25(24-16)17-5-3-2-4-13(17)21/h2-9,15,24H,10H2,1H3,(H,23,29)(H,27,28). The van der Waals surface area contributed by atoms with Crippen LogP contribution in [-0.2, 0) is 4.79 Å². The van der Waals surface area contributed by atoms with E-state index in [2.05, 4.69) is 10.4 Å². The summed E-state index contributed by atoms with van der Waals surface area (Å²) in [5.41, 5.74) is -0.346. The predicted molar refractivity (Wildman–Crippen MR) is 99.9 cm³/mol. The first-order valence-corrected chi connectivity index (χ1v) is 8.62. The molecule has 0 aliphatic rings. The number of aliphatic carboxylic acids is 1. The van der Waals surface area contributed by atoms with Gasteiger partial charge in [0.25, 0.3) is 11.5 Å². The van der Waals surface area contributed by atoms with Crippen LogP contribution in [0.3, 0.4) is 0 Å². The molecule has 0 spiro atoms. The van der Waals surface area contributed by atoms with Crippen LogP contribution in [0.1, 0.15) is 34.1 Å². The Labute approximate surface area is 163 Å². The number of carbonyl (C=O) groups is 2. The van der Waals surface area contributed by atoms with Crippen LogP contribution in [0.25, 0.3) is 5.69 Å². The molecule has 1 aromatic heterocycles. The van der Waals surface area contributed by atoms with Gasteiger partial charge in [0, 0.05) is 11.6 Å². The fourth-order valence-electron chi connectivity index (χ4n) is 2.89. The molecule has 9 heteroatoms. The van der Waals surface area contributed by atoms with E-state index in [0.717, 1.165) is 16.8 Å². The SMILES string of the molecule is Cc1ccc(C(CC(=O)O)NC(=O)c2cc(=O)n(-c3ccccc3F)[nH]2)c(F)c1. The summed E-state index contributed by atoms with van der Waals surface area (Å²) >= 11 is 0. The molecule has 0 radical (unpaired) electrons. The number of hydrogen-bond donors (Lipinski definition) is 3. The number of aromatic amines is 1. The van der Waals surface area contributed by atoms with Crippen molar-refractivity contribution in [2.45, 2.75) is 19.4 Å². The average Bonchev–Trinajstić information content (AvgIpc) is 3.03. The molecule has 2 aromatic carbocycles. The molecular weight excluding hydrogens is 384 g/mol. The number of benzene rings is 2. The molecule has 0 bridgehead atoms. The van der Waals surface area contributed by atoms with E-state index in [0.29, 0.717) is 5.56 Å². The maximum atomic E-state index is 14.3. The average molecular weight is 401 g/mol. The molecule has 7 nitrogen and oxygen atoms in total. The lowest BCUT2D eigenvalue weighted by Gasteiger charge is -2.18. The number of para-hydroxylation sites is 1. The molecule has 0 saturated carbocycles. The number of aromatic nitrogens is 2. The zero-order valence-electron chi connectivity index (χ0n) is 15.3. The van der Waals surface area contributed by atoms with Crippen molar-refractivity contribution in [1.82, 2.24) is 15.1 Å². The minimum absolute atomic E-state index is 0.00207. The number of halogens is 2. The number of hydrogen-bond acceptors (Lipinski definition) is 3. The van der Waals surface area contributed by atoms with Crippen LogP contribution in [0.15, 0.2) is 53.3 Å². The maximum Gasteiger partial charge on any atom is 0.305 e. The lowest BCUT2D eigenvalue weighted by molar-refractivity contribution is -0.137. The van der Waals surface area contributed by atoms with Crippen molar-refractivity contribution in [2.24, 2.45) is 0 Å². The van der Waals surface area contributed by atoms with Crippen LogP contribution >= 0.6 is 0 Å². The van der Waals surface area contributed by atoms with E-state index in [1.165, 1.54) is 30.3 Å². The number of nitrogens with one attached hydrogen (secondary N) is 2. The largest absolute Gasteiger partial charge is 0.481 e. The third kappa shape index (κ3) is 4.40. The molecule has 0 saturated heterocycles. The van der Waals surface area contributed by atoms with Gasteiger partial charge in [0.1, 0.15) is 23.0 Å². The number of carboxylic acids is 1. The lowest BCUT2D eigenvalue weighted by atomic mass is 10.0. The molecule has 3 N–H and O–H groups in total. The molecule has 0 fully saturated rings. The van der Waals surface area contributed by atoms with E-state index in [4.69, 9.17) is 5.11 Å². The van der Waals surface area contributed by atoms with Gasteiger partial charge in [-0.25, -0.2) is 13.5 Å². The van der Waals surface area contributed by atoms with Gasteiger partial charge >= 0.3 is 5.97 Å². The number of rotatable bonds is 6. The van der Waals surface area contributed by atoms with Crippen LogP contribution in [0, 0.1) is 18.6 Å². The molecule has 3 aromatic rings. The van der Waals surface area contributed by atoms with E-state index < -0.39 is 41.5 Å². The van der Waals surface area contributed by atoms with Crippen molar-refractivity contribution >= 4 is 11.9 Å². The minimum Gasteiger partial charge on any atom is -0.481 e. The molecule has 0 aliphatic heterocycles. The van der Waals surface area contributed by atoms with Crippen molar-refractivity contribution in [1.29, 1.82) is 0 Å². The zero-order valence-corrected chi connectivity index (χ0v) is 15.3. The normalized spacial score (nSPS) is 11.8. The summed E-state index contributed by atoms with van der Waals surface area (Å²) in [5.74, 6) is -3.40. The topological polar surface area (TPSA) is 104 Å². The highest BCUT2D eigenvalue weighted by Gasteiger charge is 2.23. The molecule has 1 unspecified atom stereocenters. The lowest BCUT2D eigenvalue weighted by Crippen LogP contribution is -2.31. The molecular formula is C20H17F2N3O4. The summed E-state index contributed by atoms with van der Waals surface area (Å²) < 4.78 is 29.1. The van der Waals surface area contributed by atoms with Crippen LogP contribution in [-0.4, -0.2) is 26.8 Å². The number of nitrogens with zero attached hydrogens (tertiary/aromatic N) is 1. The van der Waals surface area contributed by atoms with E-state index in [9.17, 15) is 23.2 Å². The third-order valence-corrected chi connectivity index (χ3v) is 4.27. The summed E-state index contributed by atoms with van der Waals surface area (Å²) in [6.45, 7) is 1.67. The molecule has 29 heavy (non-hydrogen) atoms. The van der Waals surface area contributed by atoms with Gasteiger partial charge in [-0.15, -0.1) is 0 Å². The predicted octanol–water partition coefficient (Wildman–Crippen LogP) is 2.70. The second kappa shape index (κ2) is 8.09. The number of H-pyrrole nitrogens is 1. The number of amides is 1. The van der Waals surface area contributed by atoms with E-state index in [1.807, 2.05) is 0 Å². The van der Waals surface area contributed by atoms with Gasteiger partial charge in [0.05, 0.1) is 12.5 Å². The number of carboxylic acid groups (broad SMARTS) is 1. The van der Waals surface area contributed by atoms with Gasteiger partial charge in [-0.05, 0) is 30.7 Å². The maximum absolute atomic E-state index is 14.3. The van der Waals surface area contributed by atoms with E-state index in [1.54, 1.807) is 13.0 Å². The quantitative estimate of drug-likeness (QED) is 0.591. The van der Waals surface area contributed by atoms with Crippen LogP contribution in [0.4, 0.5) is 8.78 Å². The van der Waals surface area contributed by atoms with Crippen molar-refractivity contribution in [3.05, 3.63) is 87.3 Å². The van der Waals surface area contributed by atoms with Crippen molar-refractivity contribution in [3.8, 4) is 5.69 Å². The van der Waals surface area contributed by atoms with Crippen molar-refractivity contribution in [3.63, 3.8) is 0 Å². The van der Waals surface area contributed by atoms with Crippen LogP contribution < -0.4 is 10.9 Å². The van der Waals surface area contributed by atoms with Gasteiger partial charge in [-0.3, -0.25) is 19.5 Å². The second-order valence-electron chi connectivity index (χ2n) is 6.44. The highest BCUT2D eigenvalue weighted by Crippen LogP contribution is 2.22. The van der Waals surface area contributed by atoms with Gasteiger partial charge < -0.3 is 10.4 Å². The fourth-order valence-corrected chi connectivity index (χ4v) is 2.89. The van der Waals surface area contributed by atoms with Gasteiger partial charge in [0.15, 0.2) is 0 Å². The summed E-state index contributed by atoms with van der Waals surface area (Å²) in [5, 5.41) is 14.0. The Balaban J connectivity index is 1.91.